The highest BCUT2D eigenvalue weighted by Gasteiger charge is 2.63. The van der Waals surface area contributed by atoms with Gasteiger partial charge in [-0.3, -0.25) is 0 Å². The number of methoxy groups -OCH3 is 1. The van der Waals surface area contributed by atoms with E-state index in [1.54, 1.807) is 7.11 Å². The normalized spacial score (nSPS) is 45.2. The van der Waals surface area contributed by atoms with E-state index < -0.39 is 28.2 Å². The summed E-state index contributed by atoms with van der Waals surface area (Å²) in [7, 11) is -0.619. The van der Waals surface area contributed by atoms with Gasteiger partial charge in [-0.15, -0.1) is 0 Å². The van der Waals surface area contributed by atoms with Crippen LogP contribution in [0.15, 0.2) is 35.8 Å². The van der Waals surface area contributed by atoms with Crippen LogP contribution in [-0.4, -0.2) is 57.9 Å². The molecule has 6 atom stereocenters. The first-order valence-electron chi connectivity index (χ1n) is 9.23. The highest BCUT2D eigenvalue weighted by molar-refractivity contribution is 7.81. The lowest BCUT2D eigenvalue weighted by atomic mass is 9.67. The van der Waals surface area contributed by atoms with E-state index in [2.05, 4.69) is 22.4 Å². The molecule has 2 aliphatic carbocycles. The average molecular weight is 397 g/mol. The van der Waals surface area contributed by atoms with Gasteiger partial charge in [-0.05, 0) is 31.9 Å². The molecular formula is C18H23NO7S. The second-order valence-electron chi connectivity index (χ2n) is 7.87. The summed E-state index contributed by atoms with van der Waals surface area (Å²) in [4.78, 5) is 7.50. The second kappa shape index (κ2) is 6.05. The van der Waals surface area contributed by atoms with Crippen molar-refractivity contribution in [2.75, 3.05) is 20.7 Å². The van der Waals surface area contributed by atoms with Crippen LogP contribution in [-0.2, 0) is 33.3 Å². The summed E-state index contributed by atoms with van der Waals surface area (Å²) in [6.45, 7) is 0.698. The van der Waals surface area contributed by atoms with Gasteiger partial charge < -0.3 is 14.4 Å². The van der Waals surface area contributed by atoms with Crippen molar-refractivity contribution in [3.63, 3.8) is 0 Å². The molecule has 0 N–H and O–H groups in total. The molecule has 27 heavy (non-hydrogen) atoms. The van der Waals surface area contributed by atoms with E-state index in [4.69, 9.17) is 18.5 Å². The maximum atomic E-state index is 12.3. The van der Waals surface area contributed by atoms with Gasteiger partial charge in [0.25, 0.3) is 0 Å². The molecule has 1 unspecified atom stereocenters. The fourth-order valence-corrected chi connectivity index (χ4v) is 6.05. The minimum atomic E-state index is -4.30. The fraction of sp³-hybridized carbons (Fsp3) is 0.667. The monoisotopic (exact) mass is 397 g/mol. The zero-order valence-electron chi connectivity index (χ0n) is 15.2. The summed E-state index contributed by atoms with van der Waals surface area (Å²) in [5.41, 5.74) is -1.07. The van der Waals surface area contributed by atoms with E-state index in [-0.39, 0.29) is 17.9 Å². The SMILES string of the molecule is COC1=C2CC(C=C1)C[C@@H]1[C@H]3C=C[C@@H]4OOS(=O)(=O)O[C@]3(CCN1C)[C@@H]4O2. The smallest absolute Gasteiger partial charge is 0.427 e. The maximum Gasteiger partial charge on any atom is 0.427 e. The van der Waals surface area contributed by atoms with Crippen LogP contribution in [0.1, 0.15) is 19.3 Å². The zero-order valence-corrected chi connectivity index (χ0v) is 16.1. The van der Waals surface area contributed by atoms with E-state index >= 15 is 0 Å². The molecule has 0 saturated carbocycles. The molecule has 0 aromatic rings. The number of hydrogen-bond donors (Lipinski definition) is 0. The number of fused-ring (bicyclic) bond motifs is 2. The van der Waals surface area contributed by atoms with Gasteiger partial charge in [0.15, 0.2) is 18.0 Å². The van der Waals surface area contributed by atoms with Gasteiger partial charge in [-0.25, -0.2) is 9.07 Å². The van der Waals surface area contributed by atoms with Gasteiger partial charge in [0.05, 0.1) is 7.11 Å². The van der Waals surface area contributed by atoms with E-state index in [1.165, 1.54) is 0 Å². The Bertz CT molecular complexity index is 835. The number of rotatable bonds is 1. The summed E-state index contributed by atoms with van der Waals surface area (Å²) < 4.78 is 46.9. The molecule has 1 spiro atoms. The van der Waals surface area contributed by atoms with Crippen molar-refractivity contribution < 1.29 is 31.3 Å². The molecule has 0 amide bonds. The maximum absolute atomic E-state index is 12.3. The minimum Gasteiger partial charge on any atom is -0.493 e. The Labute approximate surface area is 158 Å². The number of hydrogen-bond acceptors (Lipinski definition) is 8. The molecule has 0 radical (unpaired) electrons. The number of likely N-dealkylation sites (tertiary alicyclic amines) is 1. The van der Waals surface area contributed by atoms with Gasteiger partial charge in [0, 0.05) is 24.9 Å². The summed E-state index contributed by atoms with van der Waals surface area (Å²) >= 11 is 0. The first-order chi connectivity index (χ1) is 12.9. The van der Waals surface area contributed by atoms with Crippen LogP contribution in [0.25, 0.3) is 0 Å². The van der Waals surface area contributed by atoms with Crippen LogP contribution >= 0.6 is 0 Å². The topological polar surface area (TPSA) is 83.5 Å². The number of piperidine rings is 1. The summed E-state index contributed by atoms with van der Waals surface area (Å²) in [5, 5.41) is 0. The van der Waals surface area contributed by atoms with Crippen molar-refractivity contribution in [3.8, 4) is 0 Å². The van der Waals surface area contributed by atoms with Gasteiger partial charge >= 0.3 is 10.4 Å². The molecule has 0 aromatic heterocycles. The predicted molar refractivity (Wildman–Crippen MR) is 93.1 cm³/mol. The molecule has 3 saturated heterocycles. The van der Waals surface area contributed by atoms with Crippen LogP contribution in [0, 0.1) is 11.8 Å². The Morgan fingerprint density at radius 3 is 2.96 bits per heavy atom. The largest absolute Gasteiger partial charge is 0.493 e. The lowest BCUT2D eigenvalue weighted by molar-refractivity contribution is -0.254. The van der Waals surface area contributed by atoms with Crippen LogP contribution < -0.4 is 0 Å². The molecular weight excluding hydrogens is 374 g/mol. The fourth-order valence-electron chi connectivity index (χ4n) is 5.17. The highest BCUT2D eigenvalue weighted by Crippen LogP contribution is 2.51. The summed E-state index contributed by atoms with van der Waals surface area (Å²) in [6, 6.07) is 0.119. The molecule has 0 aromatic carbocycles. The van der Waals surface area contributed by atoms with Gasteiger partial charge in [-0.1, -0.05) is 22.6 Å². The first kappa shape index (κ1) is 17.7. The highest BCUT2D eigenvalue weighted by atomic mass is 32.3. The predicted octanol–water partition coefficient (Wildman–Crippen LogP) is 1.43. The standard InChI is InChI=1S/C18H23NO7S/c1-19-8-7-18-12-4-6-15(24-26-27(20,21)25-18)17(18)23-16-10-11(9-13(12)19)3-5-14(16)22-2/h3-6,11-13,15,17H,7-10H2,1-2H3/t11?,12-,13-,15+,17-,18+/m1/s1. The van der Waals surface area contributed by atoms with Crippen molar-refractivity contribution >= 4 is 10.4 Å². The summed E-state index contributed by atoms with van der Waals surface area (Å²) in [5.74, 6) is 1.48. The Hall–Kier alpha value is -1.39. The molecule has 5 aliphatic rings. The third-order valence-corrected chi connectivity index (χ3v) is 7.21. The molecule has 148 valence electrons. The lowest BCUT2D eigenvalue weighted by Crippen LogP contribution is -2.66. The zero-order chi connectivity index (χ0) is 18.8. The van der Waals surface area contributed by atoms with Gasteiger partial charge in [0.1, 0.15) is 11.4 Å². The molecule has 3 fully saturated rings. The lowest BCUT2D eigenvalue weighted by Gasteiger charge is -2.53. The second-order valence-corrected chi connectivity index (χ2v) is 8.99. The van der Waals surface area contributed by atoms with Gasteiger partial charge in [-0.2, -0.15) is 8.42 Å². The molecule has 9 heteroatoms. The quantitative estimate of drug-likeness (QED) is 0.485. The molecule has 8 nitrogen and oxygen atoms in total. The van der Waals surface area contributed by atoms with Crippen molar-refractivity contribution in [2.45, 2.75) is 43.1 Å². The van der Waals surface area contributed by atoms with E-state index in [9.17, 15) is 8.42 Å². The number of nitrogens with zero attached hydrogens (tertiary/aromatic N) is 1. The van der Waals surface area contributed by atoms with Crippen LogP contribution in [0.5, 0.6) is 0 Å². The average Bonchev–Trinajstić information content (AvgIpc) is 2.68. The van der Waals surface area contributed by atoms with E-state index in [0.717, 1.165) is 6.42 Å². The molecule has 3 heterocycles. The Balaban J connectivity index is 1.70. The minimum absolute atomic E-state index is 0.119. The Kier molecular flexibility index (Phi) is 3.97. The number of ether oxygens (including phenoxy) is 2. The first-order valence-corrected chi connectivity index (χ1v) is 10.6. The Morgan fingerprint density at radius 2 is 2.15 bits per heavy atom. The molecule has 3 aliphatic heterocycles. The number of allylic oxidation sites excluding steroid dienone is 3. The van der Waals surface area contributed by atoms with Crippen molar-refractivity contribution in [1.82, 2.24) is 4.90 Å². The third kappa shape index (κ3) is 2.67. The van der Waals surface area contributed by atoms with Gasteiger partial charge in [0.2, 0.25) is 0 Å². The van der Waals surface area contributed by atoms with Crippen LogP contribution in [0.2, 0.25) is 0 Å². The molecule has 7 bridgehead atoms. The van der Waals surface area contributed by atoms with E-state index in [0.29, 0.717) is 30.9 Å². The van der Waals surface area contributed by atoms with Crippen LogP contribution in [0.3, 0.4) is 0 Å². The van der Waals surface area contributed by atoms with E-state index in [1.807, 2.05) is 18.2 Å². The summed E-state index contributed by atoms with van der Waals surface area (Å²) in [6.07, 6.45) is 8.67. The van der Waals surface area contributed by atoms with Crippen molar-refractivity contribution in [2.24, 2.45) is 11.8 Å². The van der Waals surface area contributed by atoms with Crippen molar-refractivity contribution in [1.29, 1.82) is 0 Å². The van der Waals surface area contributed by atoms with Crippen molar-refractivity contribution in [3.05, 3.63) is 35.8 Å². The third-order valence-electron chi connectivity index (χ3n) is 6.45. The van der Waals surface area contributed by atoms with Crippen LogP contribution in [0.4, 0.5) is 0 Å². The molecule has 5 rings (SSSR count). The Morgan fingerprint density at radius 1 is 1.30 bits per heavy atom.